The minimum Gasteiger partial charge on any atom is -0.459 e. The van der Waals surface area contributed by atoms with Gasteiger partial charge in [0.15, 0.2) is 0 Å². The molecule has 4 rings (SSSR count). The SMILES string of the molecule is CNCc1nccn1CC1CC(c2ccccc2)(c2ccccc2)C(=O)O1. The van der Waals surface area contributed by atoms with Crippen LogP contribution in [0.2, 0.25) is 0 Å². The Morgan fingerprint density at radius 3 is 2.33 bits per heavy atom. The van der Waals surface area contributed by atoms with Crippen LogP contribution in [0, 0.1) is 0 Å². The van der Waals surface area contributed by atoms with Crippen molar-refractivity contribution >= 4 is 5.97 Å². The number of rotatable bonds is 6. The molecule has 1 saturated heterocycles. The molecule has 0 saturated carbocycles. The summed E-state index contributed by atoms with van der Waals surface area (Å²) in [6.07, 6.45) is 4.12. The average molecular weight is 361 g/mol. The van der Waals surface area contributed by atoms with E-state index in [2.05, 4.69) is 14.9 Å². The number of benzene rings is 2. The summed E-state index contributed by atoms with van der Waals surface area (Å²) in [5.74, 6) is 0.755. The number of hydrogen-bond donors (Lipinski definition) is 1. The zero-order valence-electron chi connectivity index (χ0n) is 15.3. The standard InChI is InChI=1S/C22H23N3O2/c1-23-15-20-24-12-13-25(20)16-19-14-22(21(26)27-19,17-8-4-2-5-9-17)18-10-6-3-7-11-18/h2-13,19,23H,14-16H2,1H3. The monoisotopic (exact) mass is 361 g/mol. The Morgan fingerprint density at radius 1 is 1.11 bits per heavy atom. The third kappa shape index (κ3) is 3.15. The highest BCUT2D eigenvalue weighted by molar-refractivity contribution is 5.89. The van der Waals surface area contributed by atoms with E-state index in [0.717, 1.165) is 17.0 Å². The maximum absolute atomic E-state index is 13.2. The first-order chi connectivity index (χ1) is 13.2. The fourth-order valence-electron chi connectivity index (χ4n) is 3.95. The normalized spacial score (nSPS) is 18.4. The fourth-order valence-corrected chi connectivity index (χ4v) is 3.95. The topological polar surface area (TPSA) is 56.2 Å². The summed E-state index contributed by atoms with van der Waals surface area (Å²) in [6, 6.07) is 19.9. The van der Waals surface area contributed by atoms with Gasteiger partial charge in [-0.2, -0.15) is 0 Å². The van der Waals surface area contributed by atoms with E-state index in [4.69, 9.17) is 4.74 Å². The van der Waals surface area contributed by atoms with Crippen molar-refractivity contribution < 1.29 is 9.53 Å². The van der Waals surface area contributed by atoms with E-state index in [1.165, 1.54) is 0 Å². The van der Waals surface area contributed by atoms with Crippen molar-refractivity contribution in [3.8, 4) is 0 Å². The summed E-state index contributed by atoms with van der Waals surface area (Å²) < 4.78 is 7.94. The van der Waals surface area contributed by atoms with Gasteiger partial charge >= 0.3 is 5.97 Å². The van der Waals surface area contributed by atoms with E-state index in [1.54, 1.807) is 6.20 Å². The number of esters is 1. The third-order valence-electron chi connectivity index (χ3n) is 5.23. The molecule has 3 aromatic rings. The quantitative estimate of drug-likeness (QED) is 0.686. The number of ether oxygens (including phenoxy) is 1. The maximum Gasteiger partial charge on any atom is 0.321 e. The lowest BCUT2D eigenvalue weighted by Gasteiger charge is -2.26. The summed E-state index contributed by atoms with van der Waals surface area (Å²) in [5, 5.41) is 3.12. The number of imidazole rings is 1. The second kappa shape index (κ2) is 7.37. The minimum absolute atomic E-state index is 0.180. The lowest BCUT2D eigenvalue weighted by Crippen LogP contribution is -2.33. The molecule has 27 heavy (non-hydrogen) atoms. The smallest absolute Gasteiger partial charge is 0.321 e. The number of aromatic nitrogens is 2. The highest BCUT2D eigenvalue weighted by Gasteiger charge is 2.51. The Morgan fingerprint density at radius 2 is 1.74 bits per heavy atom. The van der Waals surface area contributed by atoms with Crippen molar-refractivity contribution in [2.75, 3.05) is 7.05 Å². The molecular weight excluding hydrogens is 338 g/mol. The first-order valence-corrected chi connectivity index (χ1v) is 9.21. The number of cyclic esters (lactones) is 1. The van der Waals surface area contributed by atoms with E-state index in [-0.39, 0.29) is 12.1 Å². The van der Waals surface area contributed by atoms with Crippen LogP contribution in [-0.2, 0) is 28.0 Å². The Balaban J connectivity index is 1.69. The Hall–Kier alpha value is -2.92. The first kappa shape index (κ1) is 17.5. The van der Waals surface area contributed by atoms with Gasteiger partial charge in [-0.25, -0.2) is 4.98 Å². The molecule has 0 radical (unpaired) electrons. The van der Waals surface area contributed by atoms with Crippen LogP contribution in [0.5, 0.6) is 0 Å². The number of carbonyl (C=O) groups excluding carboxylic acids is 1. The van der Waals surface area contributed by atoms with Gasteiger partial charge in [-0.05, 0) is 18.2 Å². The molecule has 1 unspecified atom stereocenters. The van der Waals surface area contributed by atoms with Crippen LogP contribution in [0.25, 0.3) is 0 Å². The van der Waals surface area contributed by atoms with Crippen molar-refractivity contribution in [2.45, 2.75) is 31.0 Å². The van der Waals surface area contributed by atoms with Crippen LogP contribution >= 0.6 is 0 Å². The lowest BCUT2D eigenvalue weighted by molar-refractivity contribution is -0.145. The van der Waals surface area contributed by atoms with Gasteiger partial charge < -0.3 is 14.6 Å². The van der Waals surface area contributed by atoms with Crippen LogP contribution in [0.4, 0.5) is 0 Å². The van der Waals surface area contributed by atoms with Gasteiger partial charge in [-0.3, -0.25) is 4.79 Å². The zero-order chi connectivity index (χ0) is 18.7. The van der Waals surface area contributed by atoms with Crippen molar-refractivity contribution in [3.63, 3.8) is 0 Å². The molecule has 1 atom stereocenters. The van der Waals surface area contributed by atoms with E-state index in [1.807, 2.05) is 73.9 Å². The van der Waals surface area contributed by atoms with Gasteiger partial charge in [-0.1, -0.05) is 60.7 Å². The number of hydrogen-bond acceptors (Lipinski definition) is 4. The molecule has 0 amide bonds. The summed E-state index contributed by atoms with van der Waals surface area (Å²) in [4.78, 5) is 17.6. The van der Waals surface area contributed by atoms with Gasteiger partial charge in [0.25, 0.3) is 0 Å². The minimum atomic E-state index is -0.767. The van der Waals surface area contributed by atoms with Gasteiger partial charge in [0.1, 0.15) is 17.3 Å². The summed E-state index contributed by atoms with van der Waals surface area (Å²) in [7, 11) is 1.89. The van der Waals surface area contributed by atoms with Crippen molar-refractivity contribution in [2.24, 2.45) is 0 Å². The molecule has 1 aromatic heterocycles. The van der Waals surface area contributed by atoms with Gasteiger partial charge in [0.2, 0.25) is 0 Å². The molecule has 2 aromatic carbocycles. The first-order valence-electron chi connectivity index (χ1n) is 9.21. The average Bonchev–Trinajstić information content (AvgIpc) is 3.28. The van der Waals surface area contributed by atoms with Gasteiger partial charge in [0, 0.05) is 18.8 Å². The molecule has 1 aliphatic rings. The highest BCUT2D eigenvalue weighted by Crippen LogP contribution is 2.43. The van der Waals surface area contributed by atoms with Gasteiger partial charge in [-0.15, -0.1) is 0 Å². The highest BCUT2D eigenvalue weighted by atomic mass is 16.6. The largest absolute Gasteiger partial charge is 0.459 e. The van der Waals surface area contributed by atoms with Crippen molar-refractivity contribution in [1.29, 1.82) is 0 Å². The zero-order valence-corrected chi connectivity index (χ0v) is 15.3. The second-order valence-electron chi connectivity index (χ2n) is 6.89. The van der Waals surface area contributed by atoms with E-state index < -0.39 is 5.41 Å². The predicted molar refractivity (Wildman–Crippen MR) is 103 cm³/mol. The van der Waals surface area contributed by atoms with E-state index in [9.17, 15) is 4.79 Å². The Labute approximate surface area is 159 Å². The molecular formula is C22H23N3O2. The molecule has 5 nitrogen and oxygen atoms in total. The predicted octanol–water partition coefficient (Wildman–Crippen LogP) is 2.90. The number of nitrogens with one attached hydrogen (secondary N) is 1. The summed E-state index contributed by atoms with van der Waals surface area (Å²) in [6.45, 7) is 1.28. The Bertz CT molecular complexity index is 866. The molecule has 138 valence electrons. The molecule has 1 fully saturated rings. The Kier molecular flexibility index (Phi) is 4.77. The van der Waals surface area contributed by atoms with Crippen LogP contribution in [0.15, 0.2) is 73.1 Å². The molecule has 0 spiro atoms. The second-order valence-corrected chi connectivity index (χ2v) is 6.89. The fraction of sp³-hybridized carbons (Fsp3) is 0.273. The lowest BCUT2D eigenvalue weighted by atomic mass is 9.72. The van der Waals surface area contributed by atoms with E-state index in [0.29, 0.717) is 19.5 Å². The van der Waals surface area contributed by atoms with Crippen LogP contribution in [0.1, 0.15) is 23.4 Å². The summed E-state index contributed by atoms with van der Waals surface area (Å²) in [5.41, 5.74) is 1.19. The molecule has 0 aliphatic carbocycles. The molecule has 1 N–H and O–H groups in total. The van der Waals surface area contributed by atoms with Crippen LogP contribution in [0.3, 0.4) is 0 Å². The maximum atomic E-state index is 13.2. The van der Waals surface area contributed by atoms with Crippen molar-refractivity contribution in [1.82, 2.24) is 14.9 Å². The van der Waals surface area contributed by atoms with Crippen LogP contribution < -0.4 is 5.32 Å². The number of carbonyl (C=O) groups is 1. The molecule has 1 aliphatic heterocycles. The molecule has 2 heterocycles. The van der Waals surface area contributed by atoms with E-state index >= 15 is 0 Å². The third-order valence-corrected chi connectivity index (χ3v) is 5.23. The molecule has 5 heteroatoms. The number of nitrogens with zero attached hydrogens (tertiary/aromatic N) is 2. The molecule has 0 bridgehead atoms. The summed E-state index contributed by atoms with van der Waals surface area (Å²) >= 11 is 0. The van der Waals surface area contributed by atoms with Crippen molar-refractivity contribution in [3.05, 3.63) is 90.0 Å². The van der Waals surface area contributed by atoms with Gasteiger partial charge in [0.05, 0.1) is 13.1 Å². The van der Waals surface area contributed by atoms with Crippen LogP contribution in [-0.4, -0.2) is 28.7 Å².